The summed E-state index contributed by atoms with van der Waals surface area (Å²) in [6, 6.07) is 1.95. The van der Waals surface area contributed by atoms with E-state index in [1.165, 1.54) is 0 Å². The number of rotatable bonds is 7. The van der Waals surface area contributed by atoms with Crippen LogP contribution in [0.2, 0.25) is 0 Å². The van der Waals surface area contributed by atoms with E-state index >= 15 is 0 Å². The van der Waals surface area contributed by atoms with Gasteiger partial charge in [-0.05, 0) is 6.42 Å². The summed E-state index contributed by atoms with van der Waals surface area (Å²) in [6.45, 7) is 7.37. The number of thioether (sulfide) groups is 1. The number of aliphatic hydroxyl groups is 1. The molecule has 96 valence electrons. The van der Waals surface area contributed by atoms with Crippen molar-refractivity contribution in [3.8, 4) is 0 Å². The molecule has 4 nitrogen and oxygen atoms in total. The molecule has 0 spiro atoms. The van der Waals surface area contributed by atoms with E-state index in [0.29, 0.717) is 11.7 Å². The van der Waals surface area contributed by atoms with E-state index in [1.54, 1.807) is 11.8 Å². The van der Waals surface area contributed by atoms with Crippen LogP contribution >= 0.6 is 11.8 Å². The van der Waals surface area contributed by atoms with Gasteiger partial charge in [-0.15, -0.1) is 11.8 Å². The summed E-state index contributed by atoms with van der Waals surface area (Å²) in [5, 5.41) is 13.0. The predicted octanol–water partition coefficient (Wildman–Crippen LogP) is 2.51. The number of anilines is 1. The van der Waals surface area contributed by atoms with Crippen LogP contribution in [0.3, 0.4) is 0 Å². The van der Waals surface area contributed by atoms with Gasteiger partial charge in [-0.2, -0.15) is 0 Å². The van der Waals surface area contributed by atoms with Crippen LogP contribution in [0.15, 0.2) is 11.1 Å². The van der Waals surface area contributed by atoms with Crippen molar-refractivity contribution in [3.63, 3.8) is 0 Å². The van der Waals surface area contributed by atoms with Gasteiger partial charge in [0.15, 0.2) is 0 Å². The fourth-order valence-corrected chi connectivity index (χ4v) is 1.92. The minimum atomic E-state index is 0.170. The summed E-state index contributed by atoms with van der Waals surface area (Å²) in [6.07, 6.45) is 1.07. The molecule has 0 aliphatic rings. The van der Waals surface area contributed by atoms with Crippen molar-refractivity contribution in [1.82, 2.24) is 9.97 Å². The van der Waals surface area contributed by atoms with Gasteiger partial charge in [-0.25, -0.2) is 9.97 Å². The average Bonchev–Trinajstić information content (AvgIpc) is 2.33. The Labute approximate surface area is 107 Å². The molecule has 17 heavy (non-hydrogen) atoms. The third-order valence-corrected chi connectivity index (χ3v) is 3.03. The maximum Gasteiger partial charge on any atom is 0.134 e. The molecule has 0 aliphatic carbocycles. The lowest BCUT2D eigenvalue weighted by Crippen LogP contribution is -2.07. The van der Waals surface area contributed by atoms with Crippen LogP contribution in [0.1, 0.15) is 38.9 Å². The molecule has 0 unspecified atom stereocenters. The Hall–Kier alpha value is -0.810. The van der Waals surface area contributed by atoms with Gasteiger partial charge < -0.3 is 10.4 Å². The Balaban J connectivity index is 2.84. The SMILES string of the molecule is CCCNc1cc(SCCO)nc(C(C)C)n1. The lowest BCUT2D eigenvalue weighted by Gasteiger charge is -2.10. The van der Waals surface area contributed by atoms with Gasteiger partial charge >= 0.3 is 0 Å². The first-order chi connectivity index (χ1) is 8.17. The zero-order valence-electron chi connectivity index (χ0n) is 10.7. The van der Waals surface area contributed by atoms with Crippen LogP contribution in [-0.2, 0) is 0 Å². The second kappa shape index (κ2) is 7.50. The third-order valence-electron chi connectivity index (χ3n) is 2.13. The molecular formula is C12H21N3OS. The van der Waals surface area contributed by atoms with Crippen LogP contribution < -0.4 is 5.32 Å². The number of hydrogen-bond acceptors (Lipinski definition) is 5. The van der Waals surface area contributed by atoms with Crippen molar-refractivity contribution < 1.29 is 5.11 Å². The molecule has 1 aromatic heterocycles. The summed E-state index contributed by atoms with van der Waals surface area (Å²) in [4.78, 5) is 8.96. The van der Waals surface area contributed by atoms with Crippen molar-refractivity contribution in [2.75, 3.05) is 24.2 Å². The smallest absolute Gasteiger partial charge is 0.134 e. The lowest BCUT2D eigenvalue weighted by atomic mass is 10.2. The molecule has 2 N–H and O–H groups in total. The highest BCUT2D eigenvalue weighted by atomic mass is 32.2. The van der Waals surface area contributed by atoms with Crippen LogP contribution in [0, 0.1) is 0 Å². The lowest BCUT2D eigenvalue weighted by molar-refractivity contribution is 0.322. The van der Waals surface area contributed by atoms with Crippen LogP contribution in [0.25, 0.3) is 0 Å². The molecule has 0 aromatic carbocycles. The number of nitrogens with zero attached hydrogens (tertiary/aromatic N) is 2. The molecule has 0 radical (unpaired) electrons. The van der Waals surface area contributed by atoms with E-state index in [2.05, 4.69) is 36.1 Å². The molecule has 5 heteroatoms. The Morgan fingerprint density at radius 2 is 2.18 bits per heavy atom. The number of aromatic nitrogens is 2. The first-order valence-electron chi connectivity index (χ1n) is 6.03. The van der Waals surface area contributed by atoms with E-state index in [0.717, 1.165) is 29.6 Å². The van der Waals surface area contributed by atoms with E-state index < -0.39 is 0 Å². The van der Waals surface area contributed by atoms with Crippen molar-refractivity contribution >= 4 is 17.6 Å². The first kappa shape index (κ1) is 14.3. The minimum Gasteiger partial charge on any atom is -0.396 e. The summed E-state index contributed by atoms with van der Waals surface area (Å²) >= 11 is 1.56. The highest BCUT2D eigenvalue weighted by Gasteiger charge is 2.08. The highest BCUT2D eigenvalue weighted by Crippen LogP contribution is 2.21. The van der Waals surface area contributed by atoms with Crippen molar-refractivity contribution in [3.05, 3.63) is 11.9 Å². The van der Waals surface area contributed by atoms with Gasteiger partial charge in [-0.1, -0.05) is 20.8 Å². The molecule has 1 heterocycles. The Bertz CT molecular complexity index is 318. The van der Waals surface area contributed by atoms with Gasteiger partial charge in [0.25, 0.3) is 0 Å². The predicted molar refractivity (Wildman–Crippen MR) is 72.7 cm³/mol. The molecule has 1 rings (SSSR count). The van der Waals surface area contributed by atoms with Gasteiger partial charge in [-0.3, -0.25) is 0 Å². The van der Waals surface area contributed by atoms with E-state index in [9.17, 15) is 0 Å². The molecule has 0 amide bonds. The molecular weight excluding hydrogens is 234 g/mol. The van der Waals surface area contributed by atoms with Crippen LogP contribution in [0.5, 0.6) is 0 Å². The third kappa shape index (κ3) is 4.91. The van der Waals surface area contributed by atoms with Gasteiger partial charge in [0.2, 0.25) is 0 Å². The monoisotopic (exact) mass is 255 g/mol. The Kier molecular flexibility index (Phi) is 6.29. The van der Waals surface area contributed by atoms with Crippen molar-refractivity contribution in [2.24, 2.45) is 0 Å². The molecule has 0 aliphatic heterocycles. The van der Waals surface area contributed by atoms with Gasteiger partial charge in [0.1, 0.15) is 16.7 Å². The van der Waals surface area contributed by atoms with E-state index in [-0.39, 0.29) is 6.61 Å². The van der Waals surface area contributed by atoms with E-state index in [4.69, 9.17) is 5.11 Å². The topological polar surface area (TPSA) is 58.0 Å². The fourth-order valence-electron chi connectivity index (χ4n) is 1.27. The second-order valence-electron chi connectivity index (χ2n) is 4.10. The van der Waals surface area contributed by atoms with Crippen molar-refractivity contribution in [1.29, 1.82) is 0 Å². The highest BCUT2D eigenvalue weighted by molar-refractivity contribution is 7.99. The molecule has 0 saturated carbocycles. The average molecular weight is 255 g/mol. The minimum absolute atomic E-state index is 0.170. The molecule has 0 atom stereocenters. The van der Waals surface area contributed by atoms with Gasteiger partial charge in [0.05, 0.1) is 6.61 Å². The number of hydrogen-bond donors (Lipinski definition) is 2. The molecule has 0 fully saturated rings. The Morgan fingerprint density at radius 3 is 2.76 bits per heavy atom. The molecule has 1 aromatic rings. The number of nitrogens with one attached hydrogen (secondary N) is 1. The standard InChI is InChI=1S/C12H21N3OS/c1-4-5-13-10-8-11(17-7-6-16)15-12(14-10)9(2)3/h8-9,16H,4-7H2,1-3H3,(H,13,14,15). The van der Waals surface area contributed by atoms with Crippen LogP contribution in [-0.4, -0.2) is 34.0 Å². The largest absolute Gasteiger partial charge is 0.396 e. The number of aliphatic hydroxyl groups excluding tert-OH is 1. The molecule has 0 bridgehead atoms. The van der Waals surface area contributed by atoms with Crippen molar-refractivity contribution in [2.45, 2.75) is 38.1 Å². The van der Waals surface area contributed by atoms with Gasteiger partial charge in [0, 0.05) is 24.3 Å². The molecule has 0 saturated heterocycles. The van der Waals surface area contributed by atoms with E-state index in [1.807, 2.05) is 6.07 Å². The zero-order chi connectivity index (χ0) is 12.7. The maximum atomic E-state index is 8.84. The summed E-state index contributed by atoms with van der Waals surface area (Å²) in [5.74, 6) is 2.71. The normalized spacial score (nSPS) is 10.9. The summed E-state index contributed by atoms with van der Waals surface area (Å²) in [7, 11) is 0. The summed E-state index contributed by atoms with van der Waals surface area (Å²) in [5.41, 5.74) is 0. The first-order valence-corrected chi connectivity index (χ1v) is 7.02. The maximum absolute atomic E-state index is 8.84. The second-order valence-corrected chi connectivity index (χ2v) is 5.22. The quantitative estimate of drug-likeness (QED) is 0.579. The summed E-state index contributed by atoms with van der Waals surface area (Å²) < 4.78 is 0. The van der Waals surface area contributed by atoms with Crippen LogP contribution in [0.4, 0.5) is 5.82 Å². The Morgan fingerprint density at radius 1 is 1.41 bits per heavy atom. The fraction of sp³-hybridized carbons (Fsp3) is 0.667. The zero-order valence-corrected chi connectivity index (χ0v) is 11.5.